The zero-order valence-electron chi connectivity index (χ0n) is 14.4. The summed E-state index contributed by atoms with van der Waals surface area (Å²) < 4.78 is 21.9. The van der Waals surface area contributed by atoms with Gasteiger partial charge in [-0.15, -0.1) is 0 Å². The van der Waals surface area contributed by atoms with Gasteiger partial charge in [-0.25, -0.2) is 0 Å². The van der Waals surface area contributed by atoms with Crippen molar-refractivity contribution < 1.29 is 28.5 Å². The number of hydrogen-bond acceptors (Lipinski definition) is 6. The number of epoxide rings is 2. The van der Waals surface area contributed by atoms with Crippen LogP contribution in [0.4, 0.5) is 0 Å². The Bertz CT molecular complexity index is 915. The summed E-state index contributed by atoms with van der Waals surface area (Å²) in [5.74, 6) is 0.465. The van der Waals surface area contributed by atoms with Crippen molar-refractivity contribution in [3.8, 4) is 22.6 Å². The van der Waals surface area contributed by atoms with Crippen LogP contribution in [0, 0.1) is 0 Å². The molecule has 0 aromatic heterocycles. The molecule has 2 atom stereocenters. The molecule has 27 heavy (non-hydrogen) atoms. The first-order valence-electron chi connectivity index (χ1n) is 8.81. The van der Waals surface area contributed by atoms with Gasteiger partial charge in [0.05, 0.1) is 24.3 Å². The minimum Gasteiger partial charge on any atom is -0.491 e. The first kappa shape index (κ1) is 16.3. The van der Waals surface area contributed by atoms with Crippen LogP contribution in [0.2, 0.25) is 0 Å². The van der Waals surface area contributed by atoms with E-state index in [4.69, 9.17) is 18.9 Å². The number of rotatable bonds is 7. The molecule has 7 heteroatoms. The van der Waals surface area contributed by atoms with Crippen molar-refractivity contribution in [3.05, 3.63) is 47.5 Å². The van der Waals surface area contributed by atoms with Gasteiger partial charge >= 0.3 is 0 Å². The lowest BCUT2D eigenvalue weighted by molar-refractivity contribution is 0.0879. The van der Waals surface area contributed by atoms with E-state index >= 15 is 0 Å². The molecule has 3 aliphatic heterocycles. The molecular weight excluding hydrogens is 350 g/mol. The van der Waals surface area contributed by atoms with Crippen molar-refractivity contribution in [1.82, 2.24) is 5.32 Å². The number of amides is 2. The highest BCUT2D eigenvalue weighted by Crippen LogP contribution is 2.38. The molecule has 3 heterocycles. The summed E-state index contributed by atoms with van der Waals surface area (Å²) in [6, 6.07) is 10.7. The Morgan fingerprint density at radius 2 is 1.52 bits per heavy atom. The van der Waals surface area contributed by atoms with Crippen molar-refractivity contribution >= 4 is 11.8 Å². The number of carbonyl (C=O) groups excluding carboxylic acids is 2. The standard InChI is InChI=1S/C20H17NO6/c22-19-15-5-6-16(27-10-14-9-26-14)17(18(15)20(23)21-19)11-1-3-12(4-2-11)24-7-13-8-25-13/h1-6,13-14H,7-10H2,(H,21,22,23). The molecule has 0 bridgehead atoms. The molecule has 0 radical (unpaired) electrons. The molecule has 0 aliphatic carbocycles. The molecule has 0 spiro atoms. The summed E-state index contributed by atoms with van der Waals surface area (Å²) in [6.07, 6.45) is 0.267. The lowest BCUT2D eigenvalue weighted by Crippen LogP contribution is -2.20. The van der Waals surface area contributed by atoms with E-state index in [1.807, 2.05) is 24.3 Å². The number of nitrogens with one attached hydrogen (secondary N) is 1. The highest BCUT2D eigenvalue weighted by molar-refractivity contribution is 6.24. The van der Waals surface area contributed by atoms with E-state index in [-0.39, 0.29) is 12.2 Å². The van der Waals surface area contributed by atoms with Crippen LogP contribution < -0.4 is 14.8 Å². The highest BCUT2D eigenvalue weighted by Gasteiger charge is 2.33. The summed E-state index contributed by atoms with van der Waals surface area (Å²) in [4.78, 5) is 24.4. The van der Waals surface area contributed by atoms with Crippen molar-refractivity contribution in [2.75, 3.05) is 26.4 Å². The number of carbonyl (C=O) groups is 2. The van der Waals surface area contributed by atoms with Gasteiger partial charge in [-0.2, -0.15) is 0 Å². The van der Waals surface area contributed by atoms with Gasteiger partial charge in [0.15, 0.2) is 0 Å². The molecule has 2 saturated heterocycles. The van der Waals surface area contributed by atoms with Gasteiger partial charge in [0.1, 0.15) is 36.9 Å². The van der Waals surface area contributed by atoms with E-state index in [0.29, 0.717) is 42.3 Å². The van der Waals surface area contributed by atoms with Crippen molar-refractivity contribution in [2.45, 2.75) is 12.2 Å². The lowest BCUT2D eigenvalue weighted by Gasteiger charge is -2.14. The van der Waals surface area contributed by atoms with Crippen molar-refractivity contribution in [2.24, 2.45) is 0 Å². The van der Waals surface area contributed by atoms with Crippen LogP contribution in [0.5, 0.6) is 11.5 Å². The molecule has 7 nitrogen and oxygen atoms in total. The van der Waals surface area contributed by atoms with Gasteiger partial charge in [0.2, 0.25) is 0 Å². The quantitative estimate of drug-likeness (QED) is 0.593. The molecule has 138 valence electrons. The fraction of sp³-hybridized carbons (Fsp3) is 0.300. The van der Waals surface area contributed by atoms with Gasteiger partial charge in [-0.1, -0.05) is 12.1 Å². The minimum atomic E-state index is -0.413. The normalized spacial score (nSPS) is 22.2. The molecule has 2 fully saturated rings. The van der Waals surface area contributed by atoms with E-state index < -0.39 is 11.8 Å². The van der Waals surface area contributed by atoms with Crippen LogP contribution in [0.15, 0.2) is 36.4 Å². The molecule has 2 aromatic carbocycles. The lowest BCUT2D eigenvalue weighted by atomic mass is 9.95. The van der Waals surface area contributed by atoms with E-state index in [1.165, 1.54) is 0 Å². The highest BCUT2D eigenvalue weighted by atomic mass is 16.6. The summed E-state index contributed by atoms with van der Waals surface area (Å²) in [6.45, 7) is 2.34. The Morgan fingerprint density at radius 1 is 0.852 bits per heavy atom. The SMILES string of the molecule is O=C1NC(=O)c2c1ccc(OCC1CO1)c2-c1ccc(OCC2CO2)cc1. The average molecular weight is 367 g/mol. The van der Waals surface area contributed by atoms with Crippen molar-refractivity contribution in [1.29, 1.82) is 0 Å². The third-order valence-electron chi connectivity index (χ3n) is 4.67. The second kappa shape index (κ2) is 6.37. The van der Waals surface area contributed by atoms with Gasteiger partial charge in [0, 0.05) is 5.56 Å². The number of ether oxygens (including phenoxy) is 4. The van der Waals surface area contributed by atoms with Crippen LogP contribution in [-0.4, -0.2) is 50.4 Å². The summed E-state index contributed by atoms with van der Waals surface area (Å²) in [5, 5.41) is 2.35. The number of hydrogen-bond donors (Lipinski definition) is 1. The van der Waals surface area contributed by atoms with Crippen LogP contribution in [-0.2, 0) is 9.47 Å². The van der Waals surface area contributed by atoms with Crippen LogP contribution in [0.1, 0.15) is 20.7 Å². The molecule has 3 aliphatic rings. The maximum absolute atomic E-state index is 12.4. The van der Waals surface area contributed by atoms with Crippen LogP contribution in [0.25, 0.3) is 11.1 Å². The first-order valence-corrected chi connectivity index (χ1v) is 8.81. The molecule has 1 N–H and O–H groups in total. The zero-order valence-corrected chi connectivity index (χ0v) is 14.4. The average Bonchev–Trinajstić information content (AvgIpc) is 3.59. The van der Waals surface area contributed by atoms with E-state index in [1.54, 1.807) is 12.1 Å². The second-order valence-corrected chi connectivity index (χ2v) is 6.70. The van der Waals surface area contributed by atoms with E-state index in [9.17, 15) is 9.59 Å². The number of fused-ring (bicyclic) bond motifs is 1. The van der Waals surface area contributed by atoms with Gasteiger partial charge < -0.3 is 18.9 Å². The minimum absolute atomic E-state index is 0.0852. The van der Waals surface area contributed by atoms with E-state index in [2.05, 4.69) is 5.32 Å². The number of benzene rings is 2. The fourth-order valence-electron chi connectivity index (χ4n) is 3.07. The Hall–Kier alpha value is -2.90. The summed E-state index contributed by atoms with van der Waals surface area (Å²) >= 11 is 0. The monoisotopic (exact) mass is 367 g/mol. The third-order valence-corrected chi connectivity index (χ3v) is 4.67. The van der Waals surface area contributed by atoms with Gasteiger partial charge in [-0.3, -0.25) is 14.9 Å². The summed E-state index contributed by atoms with van der Waals surface area (Å²) in [5.41, 5.74) is 2.08. The van der Waals surface area contributed by atoms with Gasteiger partial charge in [-0.05, 0) is 29.8 Å². The predicted molar refractivity (Wildman–Crippen MR) is 94.1 cm³/mol. The molecule has 0 saturated carbocycles. The maximum atomic E-state index is 12.4. The first-order chi connectivity index (χ1) is 13.2. The van der Waals surface area contributed by atoms with Gasteiger partial charge in [0.25, 0.3) is 11.8 Å². The Labute approximate surface area is 155 Å². The Balaban J connectivity index is 1.50. The maximum Gasteiger partial charge on any atom is 0.259 e. The van der Waals surface area contributed by atoms with Crippen LogP contribution >= 0.6 is 0 Å². The predicted octanol–water partition coefficient (Wildman–Crippen LogP) is 1.79. The second-order valence-electron chi connectivity index (χ2n) is 6.70. The topological polar surface area (TPSA) is 89.7 Å². The third kappa shape index (κ3) is 3.27. The molecular formula is C20H17NO6. The smallest absolute Gasteiger partial charge is 0.259 e. The molecule has 2 unspecified atom stereocenters. The van der Waals surface area contributed by atoms with Crippen LogP contribution in [0.3, 0.4) is 0 Å². The Kier molecular flexibility index (Phi) is 3.84. The molecule has 2 aromatic rings. The molecule has 2 amide bonds. The Morgan fingerprint density at radius 3 is 2.19 bits per heavy atom. The largest absolute Gasteiger partial charge is 0.491 e. The summed E-state index contributed by atoms with van der Waals surface area (Å²) in [7, 11) is 0. The van der Waals surface area contributed by atoms with Crippen molar-refractivity contribution in [3.63, 3.8) is 0 Å². The van der Waals surface area contributed by atoms with E-state index in [0.717, 1.165) is 17.9 Å². The molecule has 5 rings (SSSR count). The zero-order chi connectivity index (χ0) is 18.4. The fourth-order valence-corrected chi connectivity index (χ4v) is 3.07. The number of imide groups is 1.